The number of rotatable bonds is 7. The number of aryl methyl sites for hydroxylation is 2. The van der Waals surface area contributed by atoms with E-state index in [0.29, 0.717) is 41.9 Å². The number of imide groups is 1. The molecule has 4 rings (SSSR count). The van der Waals surface area contributed by atoms with E-state index in [0.717, 1.165) is 21.9 Å². The second kappa shape index (κ2) is 9.09. The van der Waals surface area contributed by atoms with Crippen LogP contribution in [-0.2, 0) is 17.8 Å². The highest BCUT2D eigenvalue weighted by Crippen LogP contribution is 2.29. The standard InChI is InChI=1S/C25H23N5O3/c1-16-20(17(2)29(28-16)14-6-13-26)11-12-23(31)27-18-7-5-8-19(15-18)30-24(32)21-9-3-4-10-22(21)25(30)33/h3-5,7-10,15H,6,11-12,14H2,1-2H3,(H,27,31). The van der Waals surface area contributed by atoms with Gasteiger partial charge in [-0.15, -0.1) is 0 Å². The molecule has 0 spiro atoms. The number of anilines is 2. The highest BCUT2D eigenvalue weighted by atomic mass is 16.2. The van der Waals surface area contributed by atoms with Crippen LogP contribution in [0.1, 0.15) is 50.5 Å². The second-order valence-corrected chi connectivity index (χ2v) is 7.87. The molecule has 166 valence electrons. The maximum absolute atomic E-state index is 12.7. The van der Waals surface area contributed by atoms with Crippen molar-refractivity contribution in [1.82, 2.24) is 9.78 Å². The molecule has 3 amide bonds. The molecule has 33 heavy (non-hydrogen) atoms. The van der Waals surface area contributed by atoms with Crippen molar-refractivity contribution in [2.24, 2.45) is 0 Å². The fraction of sp³-hybridized carbons (Fsp3) is 0.240. The molecule has 0 fully saturated rings. The highest BCUT2D eigenvalue weighted by Gasteiger charge is 2.36. The third-order valence-electron chi connectivity index (χ3n) is 5.75. The van der Waals surface area contributed by atoms with Crippen molar-refractivity contribution in [1.29, 1.82) is 5.26 Å². The van der Waals surface area contributed by atoms with E-state index in [4.69, 9.17) is 5.26 Å². The maximum Gasteiger partial charge on any atom is 0.266 e. The largest absolute Gasteiger partial charge is 0.326 e. The van der Waals surface area contributed by atoms with E-state index in [-0.39, 0.29) is 24.1 Å². The van der Waals surface area contributed by atoms with Gasteiger partial charge in [0.25, 0.3) is 11.8 Å². The predicted molar refractivity (Wildman–Crippen MR) is 123 cm³/mol. The van der Waals surface area contributed by atoms with E-state index in [2.05, 4.69) is 16.5 Å². The van der Waals surface area contributed by atoms with Gasteiger partial charge in [0, 0.05) is 17.8 Å². The molecule has 1 aliphatic heterocycles. The van der Waals surface area contributed by atoms with Crippen molar-refractivity contribution < 1.29 is 14.4 Å². The minimum absolute atomic E-state index is 0.182. The molecule has 8 nitrogen and oxygen atoms in total. The molecular weight excluding hydrogens is 418 g/mol. The van der Waals surface area contributed by atoms with E-state index in [1.165, 1.54) is 0 Å². The minimum atomic E-state index is -0.376. The van der Waals surface area contributed by atoms with E-state index < -0.39 is 0 Å². The Morgan fingerprint density at radius 2 is 1.76 bits per heavy atom. The molecule has 2 heterocycles. The van der Waals surface area contributed by atoms with Crippen LogP contribution in [0.15, 0.2) is 48.5 Å². The molecule has 0 radical (unpaired) electrons. The molecule has 1 aliphatic rings. The Kier molecular flexibility index (Phi) is 6.05. The Morgan fingerprint density at radius 1 is 1.06 bits per heavy atom. The molecule has 1 N–H and O–H groups in total. The molecule has 0 atom stereocenters. The average Bonchev–Trinajstić information content (AvgIpc) is 3.23. The van der Waals surface area contributed by atoms with Gasteiger partial charge in [0.2, 0.25) is 5.91 Å². The number of nitrogens with one attached hydrogen (secondary N) is 1. The van der Waals surface area contributed by atoms with Crippen LogP contribution in [0.25, 0.3) is 0 Å². The molecule has 0 saturated heterocycles. The summed E-state index contributed by atoms with van der Waals surface area (Å²) >= 11 is 0. The zero-order valence-corrected chi connectivity index (χ0v) is 18.5. The Balaban J connectivity index is 1.43. The molecule has 0 aliphatic carbocycles. The molecule has 8 heteroatoms. The number of hydrogen-bond acceptors (Lipinski definition) is 5. The van der Waals surface area contributed by atoms with Crippen molar-refractivity contribution >= 4 is 29.1 Å². The van der Waals surface area contributed by atoms with Crippen LogP contribution in [-0.4, -0.2) is 27.5 Å². The van der Waals surface area contributed by atoms with Crippen LogP contribution in [0.3, 0.4) is 0 Å². The first-order valence-corrected chi connectivity index (χ1v) is 10.7. The first-order valence-electron chi connectivity index (χ1n) is 10.7. The van der Waals surface area contributed by atoms with E-state index >= 15 is 0 Å². The third-order valence-corrected chi connectivity index (χ3v) is 5.75. The number of nitrogens with zero attached hydrogens (tertiary/aromatic N) is 4. The summed E-state index contributed by atoms with van der Waals surface area (Å²) < 4.78 is 1.80. The quantitative estimate of drug-likeness (QED) is 0.561. The zero-order valence-electron chi connectivity index (χ0n) is 18.5. The second-order valence-electron chi connectivity index (χ2n) is 7.87. The summed E-state index contributed by atoms with van der Waals surface area (Å²) in [4.78, 5) is 39.2. The molecule has 3 aromatic rings. The maximum atomic E-state index is 12.7. The van der Waals surface area contributed by atoms with E-state index in [1.54, 1.807) is 53.2 Å². The smallest absolute Gasteiger partial charge is 0.266 e. The fourth-order valence-corrected chi connectivity index (χ4v) is 4.08. The van der Waals surface area contributed by atoms with Gasteiger partial charge < -0.3 is 5.32 Å². The summed E-state index contributed by atoms with van der Waals surface area (Å²) in [7, 11) is 0. The first-order chi connectivity index (χ1) is 15.9. The predicted octanol–water partition coefficient (Wildman–Crippen LogP) is 3.79. The summed E-state index contributed by atoms with van der Waals surface area (Å²) in [6.07, 6.45) is 1.16. The normalized spacial score (nSPS) is 12.6. The van der Waals surface area contributed by atoms with Crippen LogP contribution in [0.4, 0.5) is 11.4 Å². The van der Waals surface area contributed by atoms with Crippen molar-refractivity contribution in [3.8, 4) is 6.07 Å². The van der Waals surface area contributed by atoms with E-state index in [9.17, 15) is 14.4 Å². The van der Waals surface area contributed by atoms with Crippen molar-refractivity contribution in [2.75, 3.05) is 10.2 Å². The lowest BCUT2D eigenvalue weighted by Gasteiger charge is -2.15. The summed E-state index contributed by atoms with van der Waals surface area (Å²) in [5.41, 5.74) is 4.48. The van der Waals surface area contributed by atoms with Crippen LogP contribution in [0.2, 0.25) is 0 Å². The lowest BCUT2D eigenvalue weighted by Crippen LogP contribution is -2.29. The molecule has 0 unspecified atom stereocenters. The lowest BCUT2D eigenvalue weighted by atomic mass is 10.1. The van der Waals surface area contributed by atoms with Crippen LogP contribution in [0.5, 0.6) is 0 Å². The van der Waals surface area contributed by atoms with Crippen LogP contribution < -0.4 is 10.2 Å². The topological polar surface area (TPSA) is 108 Å². The molecule has 1 aromatic heterocycles. The van der Waals surface area contributed by atoms with Gasteiger partial charge in [-0.25, -0.2) is 4.90 Å². The SMILES string of the molecule is Cc1nn(CCC#N)c(C)c1CCC(=O)Nc1cccc(N2C(=O)c3ccccc3C2=O)c1. The Bertz CT molecular complexity index is 1270. The third kappa shape index (κ3) is 4.26. The van der Waals surface area contributed by atoms with Gasteiger partial charge in [-0.3, -0.25) is 19.1 Å². The molecular formula is C25H23N5O3. The van der Waals surface area contributed by atoms with Crippen molar-refractivity contribution in [3.63, 3.8) is 0 Å². The van der Waals surface area contributed by atoms with Crippen LogP contribution in [0, 0.1) is 25.2 Å². The summed E-state index contributed by atoms with van der Waals surface area (Å²) in [6.45, 7) is 4.37. The number of benzene rings is 2. The number of fused-ring (bicyclic) bond motifs is 1. The van der Waals surface area contributed by atoms with Gasteiger partial charge in [0.15, 0.2) is 0 Å². The highest BCUT2D eigenvalue weighted by molar-refractivity contribution is 6.34. The number of amides is 3. The van der Waals surface area contributed by atoms with Gasteiger partial charge in [0.1, 0.15) is 0 Å². The first kappa shape index (κ1) is 22.0. The Hall–Kier alpha value is -4.25. The van der Waals surface area contributed by atoms with Gasteiger partial charge in [-0.05, 0) is 56.2 Å². The lowest BCUT2D eigenvalue weighted by molar-refractivity contribution is -0.116. The summed E-state index contributed by atoms with van der Waals surface area (Å²) in [6, 6.07) is 15.5. The van der Waals surface area contributed by atoms with E-state index in [1.807, 2.05) is 13.8 Å². The molecule has 0 saturated carbocycles. The number of aromatic nitrogens is 2. The Labute approximate surface area is 191 Å². The van der Waals surface area contributed by atoms with Gasteiger partial charge in [-0.2, -0.15) is 10.4 Å². The van der Waals surface area contributed by atoms with Crippen molar-refractivity contribution in [2.45, 2.75) is 39.7 Å². The molecule has 0 bridgehead atoms. The summed E-state index contributed by atoms with van der Waals surface area (Å²) in [5, 5.41) is 16.1. The number of carbonyl (C=O) groups excluding carboxylic acids is 3. The fourth-order valence-electron chi connectivity index (χ4n) is 4.08. The van der Waals surface area contributed by atoms with Crippen molar-refractivity contribution in [3.05, 3.63) is 76.6 Å². The minimum Gasteiger partial charge on any atom is -0.326 e. The van der Waals surface area contributed by atoms with Gasteiger partial charge in [-0.1, -0.05) is 18.2 Å². The van der Waals surface area contributed by atoms with Gasteiger partial charge >= 0.3 is 0 Å². The number of hydrogen-bond donors (Lipinski definition) is 1. The molecule has 2 aromatic carbocycles. The van der Waals surface area contributed by atoms with Gasteiger partial charge in [0.05, 0.1) is 41.5 Å². The number of carbonyl (C=O) groups is 3. The average molecular weight is 441 g/mol. The monoisotopic (exact) mass is 441 g/mol. The number of nitriles is 1. The summed E-state index contributed by atoms with van der Waals surface area (Å²) in [5.74, 6) is -0.935. The zero-order chi connectivity index (χ0) is 23.5. The van der Waals surface area contributed by atoms with Crippen LogP contribution >= 0.6 is 0 Å². The Morgan fingerprint density at radius 3 is 2.42 bits per heavy atom.